The SMILES string of the molecule is CN(Cc1cnn(C)c1)CC(O)COCC1=CCC2CC1C2(C)C. The molecule has 0 amide bonds. The second kappa shape index (κ2) is 6.98. The molecule has 2 bridgehead atoms. The molecule has 3 atom stereocenters. The zero-order valence-electron chi connectivity index (χ0n) is 15.4. The predicted molar refractivity (Wildman–Crippen MR) is 94.4 cm³/mol. The number of hydrogen-bond donors (Lipinski definition) is 1. The van der Waals surface area contributed by atoms with Crippen LogP contribution in [-0.2, 0) is 18.3 Å². The summed E-state index contributed by atoms with van der Waals surface area (Å²) in [4.78, 5) is 2.10. The van der Waals surface area contributed by atoms with Gasteiger partial charge in [-0.15, -0.1) is 0 Å². The van der Waals surface area contributed by atoms with Crippen molar-refractivity contribution in [1.82, 2.24) is 14.7 Å². The number of nitrogens with zero attached hydrogens (tertiary/aromatic N) is 3. The molecule has 1 fully saturated rings. The van der Waals surface area contributed by atoms with Crippen LogP contribution < -0.4 is 0 Å². The van der Waals surface area contributed by atoms with Gasteiger partial charge in [-0.2, -0.15) is 5.10 Å². The largest absolute Gasteiger partial charge is 0.389 e. The number of aliphatic hydroxyl groups is 1. The summed E-state index contributed by atoms with van der Waals surface area (Å²) in [7, 11) is 3.93. The van der Waals surface area contributed by atoms with Crippen molar-refractivity contribution in [3.8, 4) is 0 Å². The van der Waals surface area contributed by atoms with Crippen LogP contribution in [0.1, 0.15) is 32.3 Å². The average Bonchev–Trinajstić information content (AvgIpc) is 2.92. The molecular formula is C19H31N3O2. The molecule has 0 radical (unpaired) electrons. The highest BCUT2D eigenvalue weighted by Gasteiger charge is 2.50. The summed E-state index contributed by atoms with van der Waals surface area (Å²) in [5, 5.41) is 14.4. The quantitative estimate of drug-likeness (QED) is 0.741. The minimum atomic E-state index is -0.460. The molecule has 3 unspecified atom stereocenters. The number of aliphatic hydroxyl groups excluding tert-OH is 1. The van der Waals surface area contributed by atoms with Crippen LogP contribution >= 0.6 is 0 Å². The van der Waals surface area contributed by atoms with Crippen molar-refractivity contribution in [2.24, 2.45) is 24.3 Å². The Hall–Kier alpha value is -1.17. The Bertz CT molecular complexity index is 593. The molecule has 4 rings (SSSR count). The lowest BCUT2D eigenvalue weighted by Crippen LogP contribution is -2.48. The molecule has 1 heterocycles. The molecule has 24 heavy (non-hydrogen) atoms. The summed E-state index contributed by atoms with van der Waals surface area (Å²) in [5.74, 6) is 1.54. The van der Waals surface area contributed by atoms with Gasteiger partial charge in [0.2, 0.25) is 0 Å². The van der Waals surface area contributed by atoms with Gasteiger partial charge >= 0.3 is 0 Å². The minimum Gasteiger partial charge on any atom is -0.389 e. The zero-order chi connectivity index (χ0) is 17.3. The Kier molecular flexibility index (Phi) is 5.13. The Morgan fingerprint density at radius 1 is 1.50 bits per heavy atom. The number of hydrogen-bond acceptors (Lipinski definition) is 4. The molecule has 3 aliphatic rings. The highest BCUT2D eigenvalue weighted by Crippen LogP contribution is 2.59. The van der Waals surface area contributed by atoms with Crippen molar-refractivity contribution in [2.75, 3.05) is 26.8 Å². The van der Waals surface area contributed by atoms with E-state index in [9.17, 15) is 5.11 Å². The predicted octanol–water partition coefficient (Wildman–Crippen LogP) is 2.22. The van der Waals surface area contributed by atoms with Crippen LogP contribution in [0, 0.1) is 17.3 Å². The van der Waals surface area contributed by atoms with Crippen LogP contribution in [0.4, 0.5) is 0 Å². The van der Waals surface area contributed by atoms with E-state index in [0.717, 1.165) is 18.0 Å². The van der Waals surface area contributed by atoms with Crippen LogP contribution in [0.15, 0.2) is 24.0 Å². The van der Waals surface area contributed by atoms with Crippen molar-refractivity contribution >= 4 is 0 Å². The average molecular weight is 333 g/mol. The molecule has 0 spiro atoms. The first-order valence-electron chi connectivity index (χ1n) is 8.97. The summed E-state index contributed by atoms with van der Waals surface area (Å²) in [6.07, 6.45) is 8.28. The van der Waals surface area contributed by atoms with E-state index in [1.807, 2.05) is 26.5 Å². The first-order valence-corrected chi connectivity index (χ1v) is 8.97. The highest BCUT2D eigenvalue weighted by atomic mass is 16.5. The van der Waals surface area contributed by atoms with E-state index in [1.54, 1.807) is 4.68 Å². The molecule has 0 saturated heterocycles. The zero-order valence-corrected chi connectivity index (χ0v) is 15.4. The molecule has 134 valence electrons. The van der Waals surface area contributed by atoms with E-state index in [2.05, 4.69) is 29.9 Å². The maximum absolute atomic E-state index is 10.2. The minimum absolute atomic E-state index is 0.394. The molecule has 3 aliphatic carbocycles. The molecule has 5 nitrogen and oxygen atoms in total. The van der Waals surface area contributed by atoms with E-state index < -0.39 is 6.10 Å². The van der Waals surface area contributed by atoms with Crippen molar-refractivity contribution in [1.29, 1.82) is 0 Å². The van der Waals surface area contributed by atoms with Crippen molar-refractivity contribution in [3.63, 3.8) is 0 Å². The number of likely N-dealkylation sites (N-methyl/N-ethyl adjacent to an activating group) is 1. The molecule has 5 heteroatoms. The molecule has 0 aromatic carbocycles. The lowest BCUT2D eigenvalue weighted by Gasteiger charge is -2.56. The van der Waals surface area contributed by atoms with Gasteiger partial charge in [0.1, 0.15) is 0 Å². The van der Waals surface area contributed by atoms with E-state index in [-0.39, 0.29) is 0 Å². The number of ether oxygens (including phenoxy) is 1. The standard InChI is InChI=1S/C19H31N3O2/c1-19(2)16-6-5-15(18(19)7-16)12-24-13-17(23)11-21(3)9-14-8-20-22(4)10-14/h5,8,10,16-18,23H,6-7,9,11-13H2,1-4H3. The molecule has 1 N–H and O–H groups in total. The van der Waals surface area contributed by atoms with E-state index >= 15 is 0 Å². The fourth-order valence-corrected chi connectivity index (χ4v) is 4.30. The van der Waals surface area contributed by atoms with Gasteiger partial charge in [-0.1, -0.05) is 19.9 Å². The number of aryl methyl sites for hydroxylation is 1. The number of allylic oxidation sites excluding steroid dienone is 1. The van der Waals surface area contributed by atoms with E-state index in [0.29, 0.717) is 31.1 Å². The normalized spacial score (nSPS) is 26.2. The second-order valence-corrected chi connectivity index (χ2v) is 8.21. The van der Waals surface area contributed by atoms with Crippen molar-refractivity contribution in [2.45, 2.75) is 39.3 Å². The van der Waals surface area contributed by atoms with Gasteiger partial charge in [0, 0.05) is 31.9 Å². The van der Waals surface area contributed by atoms with Crippen molar-refractivity contribution in [3.05, 3.63) is 29.6 Å². The van der Waals surface area contributed by atoms with Crippen LogP contribution in [0.5, 0.6) is 0 Å². The Morgan fingerprint density at radius 3 is 2.92 bits per heavy atom. The number of rotatable bonds is 8. The third-order valence-electron chi connectivity index (χ3n) is 5.89. The third-order valence-corrected chi connectivity index (χ3v) is 5.89. The molecular weight excluding hydrogens is 302 g/mol. The van der Waals surface area contributed by atoms with Gasteiger partial charge in [0.15, 0.2) is 0 Å². The van der Waals surface area contributed by atoms with Crippen LogP contribution in [-0.4, -0.2) is 52.7 Å². The third kappa shape index (κ3) is 3.73. The molecule has 1 aromatic heterocycles. The second-order valence-electron chi connectivity index (χ2n) is 8.21. The summed E-state index contributed by atoms with van der Waals surface area (Å²) < 4.78 is 7.62. The lowest BCUT2D eigenvalue weighted by atomic mass is 9.49. The van der Waals surface area contributed by atoms with E-state index in [1.165, 1.54) is 18.4 Å². The van der Waals surface area contributed by atoms with Gasteiger partial charge in [-0.25, -0.2) is 0 Å². The molecule has 1 saturated carbocycles. The first kappa shape index (κ1) is 17.6. The van der Waals surface area contributed by atoms with E-state index in [4.69, 9.17) is 4.74 Å². The fourth-order valence-electron chi connectivity index (χ4n) is 4.30. The summed E-state index contributed by atoms with van der Waals surface area (Å²) >= 11 is 0. The van der Waals surface area contributed by atoms with Crippen LogP contribution in [0.2, 0.25) is 0 Å². The van der Waals surface area contributed by atoms with Crippen LogP contribution in [0.25, 0.3) is 0 Å². The van der Waals surface area contributed by atoms with Gasteiger partial charge in [-0.3, -0.25) is 9.58 Å². The monoisotopic (exact) mass is 333 g/mol. The smallest absolute Gasteiger partial charge is 0.0900 e. The molecule has 1 aromatic rings. The van der Waals surface area contributed by atoms with Gasteiger partial charge in [0.05, 0.1) is 25.5 Å². The van der Waals surface area contributed by atoms with Gasteiger partial charge < -0.3 is 9.84 Å². The summed E-state index contributed by atoms with van der Waals surface area (Å²) in [6, 6.07) is 0. The highest BCUT2D eigenvalue weighted by molar-refractivity contribution is 5.23. The fraction of sp³-hybridized carbons (Fsp3) is 0.737. The Labute approximate surface area is 145 Å². The Balaban J connectivity index is 1.37. The van der Waals surface area contributed by atoms with Gasteiger partial charge in [0.25, 0.3) is 0 Å². The van der Waals surface area contributed by atoms with Crippen LogP contribution in [0.3, 0.4) is 0 Å². The number of fused-ring (bicyclic) bond motifs is 1. The van der Waals surface area contributed by atoms with Crippen molar-refractivity contribution < 1.29 is 9.84 Å². The maximum Gasteiger partial charge on any atom is 0.0900 e. The summed E-state index contributed by atoms with van der Waals surface area (Å²) in [5.41, 5.74) is 3.04. The topological polar surface area (TPSA) is 50.5 Å². The lowest BCUT2D eigenvalue weighted by molar-refractivity contribution is -0.0257. The Morgan fingerprint density at radius 2 is 2.29 bits per heavy atom. The first-order chi connectivity index (χ1) is 11.4. The summed E-state index contributed by atoms with van der Waals surface area (Å²) in [6.45, 7) is 7.20. The maximum atomic E-state index is 10.2. The van der Waals surface area contributed by atoms with Gasteiger partial charge in [-0.05, 0) is 42.7 Å². The number of aromatic nitrogens is 2. The molecule has 0 aliphatic heterocycles.